The smallest absolute Gasteiger partial charge is 0.307 e. The number of thiazole rings is 1. The van der Waals surface area contributed by atoms with Gasteiger partial charge in [0.25, 0.3) is 0 Å². The van der Waals surface area contributed by atoms with Crippen LogP contribution in [0.2, 0.25) is 0 Å². The summed E-state index contributed by atoms with van der Waals surface area (Å²) in [7, 11) is 1.57. The van der Waals surface area contributed by atoms with Gasteiger partial charge in [0, 0.05) is 24.4 Å². The molecule has 3 aromatic rings. The third-order valence-corrected chi connectivity index (χ3v) is 5.94. The Labute approximate surface area is 176 Å². The molecule has 1 aliphatic rings. The molecule has 10 nitrogen and oxygen atoms in total. The standard InChI is InChI=1S/C19H20N6O4S/c1-3-20-19-23-18-17(30-19)14(7-16(26)22-18)11-4-5-15(29-2)12(6-11)9-24-10-13(8-21-24)25(27)28/h4-6,8,10,14H,3,7,9H2,1-2H3,(H,20,23)(H,22,26). The number of aromatic nitrogens is 3. The Morgan fingerprint density at radius 3 is 3.00 bits per heavy atom. The summed E-state index contributed by atoms with van der Waals surface area (Å²) < 4.78 is 6.96. The molecular formula is C19H20N6O4S. The average molecular weight is 428 g/mol. The third kappa shape index (κ3) is 3.83. The maximum atomic E-state index is 12.3. The Balaban J connectivity index is 1.69. The first-order valence-corrected chi connectivity index (χ1v) is 10.2. The second kappa shape index (κ2) is 8.11. The van der Waals surface area contributed by atoms with E-state index >= 15 is 0 Å². The van der Waals surface area contributed by atoms with Crippen LogP contribution < -0.4 is 15.4 Å². The molecule has 156 valence electrons. The van der Waals surface area contributed by atoms with Crippen molar-refractivity contribution in [3.05, 3.63) is 56.7 Å². The highest BCUT2D eigenvalue weighted by molar-refractivity contribution is 7.16. The molecule has 0 saturated carbocycles. The number of benzene rings is 1. The Hall–Kier alpha value is -3.47. The molecule has 11 heteroatoms. The molecule has 2 N–H and O–H groups in total. The highest BCUT2D eigenvalue weighted by Crippen LogP contribution is 2.43. The molecule has 30 heavy (non-hydrogen) atoms. The minimum atomic E-state index is -0.481. The number of methoxy groups -OCH3 is 1. The van der Waals surface area contributed by atoms with Crippen LogP contribution in [0.1, 0.15) is 35.3 Å². The van der Waals surface area contributed by atoms with E-state index in [-0.39, 0.29) is 17.5 Å². The van der Waals surface area contributed by atoms with E-state index in [1.165, 1.54) is 28.4 Å². The first-order valence-electron chi connectivity index (χ1n) is 9.36. The lowest BCUT2D eigenvalue weighted by Gasteiger charge is -2.22. The van der Waals surface area contributed by atoms with Gasteiger partial charge in [-0.1, -0.05) is 17.4 Å². The van der Waals surface area contributed by atoms with Crippen molar-refractivity contribution >= 4 is 33.9 Å². The highest BCUT2D eigenvalue weighted by atomic mass is 32.1. The molecule has 3 heterocycles. The average Bonchev–Trinajstić information content (AvgIpc) is 3.34. The van der Waals surface area contributed by atoms with Crippen LogP contribution in [0.4, 0.5) is 16.6 Å². The molecule has 0 radical (unpaired) electrons. The lowest BCUT2D eigenvalue weighted by molar-refractivity contribution is -0.385. The maximum absolute atomic E-state index is 12.3. The van der Waals surface area contributed by atoms with Crippen LogP contribution in [0, 0.1) is 10.1 Å². The van der Waals surface area contributed by atoms with Gasteiger partial charge in [-0.05, 0) is 24.6 Å². The molecular weight excluding hydrogens is 408 g/mol. The number of hydrogen-bond acceptors (Lipinski definition) is 8. The van der Waals surface area contributed by atoms with Crippen LogP contribution in [0.25, 0.3) is 0 Å². The number of carbonyl (C=O) groups is 1. The number of fused-ring (bicyclic) bond motifs is 1. The van der Waals surface area contributed by atoms with Crippen LogP contribution in [-0.2, 0) is 11.3 Å². The summed E-state index contributed by atoms with van der Waals surface area (Å²) in [6.07, 6.45) is 2.91. The molecule has 0 fully saturated rings. The van der Waals surface area contributed by atoms with E-state index in [2.05, 4.69) is 20.7 Å². The third-order valence-electron chi connectivity index (χ3n) is 4.81. The second-order valence-electron chi connectivity index (χ2n) is 6.79. The number of carbonyl (C=O) groups excluding carboxylic acids is 1. The van der Waals surface area contributed by atoms with Gasteiger partial charge < -0.3 is 15.4 Å². The topological polar surface area (TPSA) is 124 Å². The van der Waals surface area contributed by atoms with Gasteiger partial charge >= 0.3 is 5.69 Å². The van der Waals surface area contributed by atoms with E-state index in [0.717, 1.165) is 27.7 Å². The molecule has 1 aromatic carbocycles. The molecule has 0 bridgehead atoms. The summed E-state index contributed by atoms with van der Waals surface area (Å²) >= 11 is 1.53. The number of nitrogens with zero attached hydrogens (tertiary/aromatic N) is 4. The van der Waals surface area contributed by atoms with E-state index in [9.17, 15) is 14.9 Å². The van der Waals surface area contributed by atoms with Gasteiger partial charge in [0.05, 0.1) is 23.5 Å². The second-order valence-corrected chi connectivity index (χ2v) is 7.82. The molecule has 1 atom stereocenters. The van der Waals surface area contributed by atoms with Crippen LogP contribution in [0.15, 0.2) is 30.6 Å². The molecule has 0 aliphatic carbocycles. The normalized spacial score (nSPS) is 15.4. The molecule has 0 saturated heterocycles. The van der Waals surface area contributed by atoms with Crippen LogP contribution >= 0.6 is 11.3 Å². The van der Waals surface area contributed by atoms with Gasteiger partial charge in [-0.2, -0.15) is 5.10 Å². The SMILES string of the molecule is CCNc1nc2c(s1)C(c1ccc(OC)c(Cn3cc([N+](=O)[O-])cn3)c1)CC(=O)N2. The number of nitro groups is 1. The number of hydrogen-bond donors (Lipinski definition) is 2. The van der Waals surface area contributed by atoms with Crippen molar-refractivity contribution in [2.24, 2.45) is 0 Å². The molecule has 1 aliphatic heterocycles. The minimum Gasteiger partial charge on any atom is -0.496 e. The van der Waals surface area contributed by atoms with Crippen molar-refractivity contribution in [3.63, 3.8) is 0 Å². The van der Waals surface area contributed by atoms with Gasteiger partial charge in [-0.25, -0.2) is 4.98 Å². The fourth-order valence-electron chi connectivity index (χ4n) is 3.46. The number of anilines is 2. The number of nitrogens with one attached hydrogen (secondary N) is 2. The molecule has 1 unspecified atom stereocenters. The summed E-state index contributed by atoms with van der Waals surface area (Å²) in [5.74, 6) is 1.03. The van der Waals surface area contributed by atoms with Crippen molar-refractivity contribution in [2.45, 2.75) is 25.8 Å². The Morgan fingerprint density at radius 1 is 1.47 bits per heavy atom. The first kappa shape index (κ1) is 19.8. The van der Waals surface area contributed by atoms with Crippen molar-refractivity contribution in [2.75, 3.05) is 24.3 Å². The number of ether oxygens (including phenoxy) is 1. The molecule has 1 amide bonds. The van der Waals surface area contributed by atoms with Gasteiger partial charge in [0.15, 0.2) is 5.13 Å². The van der Waals surface area contributed by atoms with E-state index in [1.54, 1.807) is 7.11 Å². The van der Waals surface area contributed by atoms with E-state index in [0.29, 0.717) is 24.5 Å². The highest BCUT2D eigenvalue weighted by Gasteiger charge is 2.30. The van der Waals surface area contributed by atoms with E-state index in [1.807, 2.05) is 25.1 Å². The van der Waals surface area contributed by atoms with Crippen molar-refractivity contribution in [3.8, 4) is 5.75 Å². The molecule has 2 aromatic heterocycles. The van der Waals surface area contributed by atoms with E-state index in [4.69, 9.17) is 4.74 Å². The zero-order valence-corrected chi connectivity index (χ0v) is 17.2. The van der Waals surface area contributed by atoms with Gasteiger partial charge in [-0.15, -0.1) is 0 Å². The predicted molar refractivity (Wildman–Crippen MR) is 112 cm³/mol. The Bertz CT molecular complexity index is 1110. The van der Waals surface area contributed by atoms with Crippen LogP contribution in [0.5, 0.6) is 5.75 Å². The van der Waals surface area contributed by atoms with E-state index < -0.39 is 4.92 Å². The zero-order chi connectivity index (χ0) is 21.3. The molecule has 4 rings (SSSR count). The zero-order valence-electron chi connectivity index (χ0n) is 16.4. The summed E-state index contributed by atoms with van der Waals surface area (Å²) in [6.45, 7) is 3.04. The number of rotatable bonds is 7. The lowest BCUT2D eigenvalue weighted by Crippen LogP contribution is -2.22. The summed E-state index contributed by atoms with van der Waals surface area (Å²) in [6, 6.07) is 5.75. The predicted octanol–water partition coefficient (Wildman–Crippen LogP) is 3.21. The quantitative estimate of drug-likeness (QED) is 0.437. The summed E-state index contributed by atoms with van der Waals surface area (Å²) in [5.41, 5.74) is 1.70. The maximum Gasteiger partial charge on any atom is 0.307 e. The Morgan fingerprint density at radius 2 is 2.30 bits per heavy atom. The summed E-state index contributed by atoms with van der Waals surface area (Å²) in [5, 5.41) is 21.8. The van der Waals surface area contributed by atoms with Gasteiger partial charge in [0.1, 0.15) is 24.0 Å². The largest absolute Gasteiger partial charge is 0.496 e. The van der Waals surface area contributed by atoms with Gasteiger partial charge in [0.2, 0.25) is 5.91 Å². The van der Waals surface area contributed by atoms with Crippen molar-refractivity contribution < 1.29 is 14.5 Å². The van der Waals surface area contributed by atoms with Gasteiger partial charge in [-0.3, -0.25) is 19.6 Å². The van der Waals surface area contributed by atoms with Crippen LogP contribution in [-0.4, -0.2) is 39.2 Å². The lowest BCUT2D eigenvalue weighted by atomic mass is 9.90. The monoisotopic (exact) mass is 428 g/mol. The van der Waals surface area contributed by atoms with Crippen LogP contribution in [0.3, 0.4) is 0 Å². The Kier molecular flexibility index (Phi) is 5.36. The minimum absolute atomic E-state index is 0.0701. The fourth-order valence-corrected chi connectivity index (χ4v) is 4.58. The number of amides is 1. The summed E-state index contributed by atoms with van der Waals surface area (Å²) in [4.78, 5) is 28.2. The van der Waals surface area contributed by atoms with Crippen molar-refractivity contribution in [1.82, 2.24) is 14.8 Å². The first-order chi connectivity index (χ1) is 14.5. The fraction of sp³-hybridized carbons (Fsp3) is 0.316. The van der Waals surface area contributed by atoms with Crippen molar-refractivity contribution in [1.29, 1.82) is 0 Å². The molecule has 0 spiro atoms.